The standard InChI is InChI=1S/C17H15ClF2N2O2/c18-15-7-12(1-6-16(15)24-10-11(8-19)9-21)17(23)22-14-4-2-13(20)3-5-14/h1-8H,9-10,21H2,(H,22,23)/b11-8-. The lowest BCUT2D eigenvalue weighted by molar-refractivity contribution is 0.102. The number of carbonyl (C=O) groups is 1. The van der Waals surface area contributed by atoms with Gasteiger partial charge in [0, 0.05) is 23.4 Å². The molecule has 3 N–H and O–H groups in total. The van der Waals surface area contributed by atoms with Crippen LogP contribution in [0.1, 0.15) is 10.4 Å². The summed E-state index contributed by atoms with van der Waals surface area (Å²) in [5, 5.41) is 2.83. The first-order chi connectivity index (χ1) is 11.5. The van der Waals surface area contributed by atoms with Crippen molar-refractivity contribution in [3.05, 3.63) is 70.8 Å². The molecule has 2 aromatic carbocycles. The largest absolute Gasteiger partial charge is 0.488 e. The third kappa shape index (κ3) is 4.78. The fourth-order valence-electron chi connectivity index (χ4n) is 1.80. The predicted octanol–water partition coefficient (Wildman–Crippen LogP) is 3.92. The van der Waals surface area contributed by atoms with Gasteiger partial charge in [-0.1, -0.05) is 11.6 Å². The van der Waals surface area contributed by atoms with Crippen molar-refractivity contribution < 1.29 is 18.3 Å². The van der Waals surface area contributed by atoms with Gasteiger partial charge < -0.3 is 15.8 Å². The first kappa shape index (κ1) is 17.9. The monoisotopic (exact) mass is 352 g/mol. The minimum Gasteiger partial charge on any atom is -0.488 e. The number of carbonyl (C=O) groups excluding carboxylic acids is 1. The lowest BCUT2D eigenvalue weighted by atomic mass is 10.2. The Labute approximate surface area is 142 Å². The molecule has 2 aromatic rings. The molecule has 0 aliphatic rings. The molecule has 0 aromatic heterocycles. The average molecular weight is 353 g/mol. The van der Waals surface area contributed by atoms with E-state index in [0.717, 1.165) is 0 Å². The summed E-state index contributed by atoms with van der Waals surface area (Å²) in [6.07, 6.45) is 0.387. The molecule has 0 fully saturated rings. The van der Waals surface area contributed by atoms with Crippen molar-refractivity contribution in [1.29, 1.82) is 0 Å². The Morgan fingerprint density at radius 2 is 1.96 bits per heavy atom. The van der Waals surface area contributed by atoms with Crippen LogP contribution < -0.4 is 15.8 Å². The van der Waals surface area contributed by atoms with Gasteiger partial charge in [-0.3, -0.25) is 4.79 Å². The summed E-state index contributed by atoms with van der Waals surface area (Å²) < 4.78 is 30.6. The van der Waals surface area contributed by atoms with E-state index in [0.29, 0.717) is 23.3 Å². The number of anilines is 1. The summed E-state index contributed by atoms with van der Waals surface area (Å²) in [5.41, 5.74) is 6.38. The van der Waals surface area contributed by atoms with Crippen LogP contribution in [0.5, 0.6) is 5.75 Å². The molecule has 0 spiro atoms. The molecular weight excluding hydrogens is 338 g/mol. The number of hydrogen-bond donors (Lipinski definition) is 2. The fraction of sp³-hybridized carbons (Fsp3) is 0.118. The third-order valence-electron chi connectivity index (χ3n) is 3.13. The van der Waals surface area contributed by atoms with Crippen molar-refractivity contribution in [3.8, 4) is 5.75 Å². The van der Waals surface area contributed by atoms with E-state index in [-0.39, 0.29) is 23.7 Å². The Morgan fingerprint density at radius 1 is 1.25 bits per heavy atom. The number of amides is 1. The minimum absolute atomic E-state index is 0.0339. The van der Waals surface area contributed by atoms with Crippen LogP contribution in [0.25, 0.3) is 0 Å². The molecular formula is C17H15ClF2N2O2. The first-order valence-corrected chi connectivity index (χ1v) is 7.38. The maximum atomic E-state index is 12.8. The highest BCUT2D eigenvalue weighted by molar-refractivity contribution is 6.32. The maximum Gasteiger partial charge on any atom is 0.255 e. The molecule has 126 valence electrons. The second kappa shape index (κ2) is 8.42. The molecule has 0 radical (unpaired) electrons. The number of nitrogens with one attached hydrogen (secondary N) is 1. The Hall–Kier alpha value is -2.44. The smallest absolute Gasteiger partial charge is 0.255 e. The summed E-state index contributed by atoms with van der Waals surface area (Å²) >= 11 is 6.07. The van der Waals surface area contributed by atoms with E-state index in [4.69, 9.17) is 22.1 Å². The van der Waals surface area contributed by atoms with Crippen LogP contribution in [-0.4, -0.2) is 19.1 Å². The van der Waals surface area contributed by atoms with Gasteiger partial charge in [0.15, 0.2) is 0 Å². The predicted molar refractivity (Wildman–Crippen MR) is 89.5 cm³/mol. The van der Waals surface area contributed by atoms with E-state index in [2.05, 4.69) is 5.32 Å². The Bertz CT molecular complexity index is 749. The molecule has 0 heterocycles. The molecule has 0 unspecified atom stereocenters. The molecule has 0 saturated heterocycles. The van der Waals surface area contributed by atoms with Crippen molar-refractivity contribution in [1.82, 2.24) is 0 Å². The number of nitrogens with two attached hydrogens (primary N) is 1. The lowest BCUT2D eigenvalue weighted by Crippen LogP contribution is -2.13. The van der Waals surface area contributed by atoms with Gasteiger partial charge in [-0.05, 0) is 42.5 Å². The van der Waals surface area contributed by atoms with E-state index in [1.54, 1.807) is 0 Å². The number of rotatable bonds is 6. The van der Waals surface area contributed by atoms with Gasteiger partial charge in [0.05, 0.1) is 11.4 Å². The quantitative estimate of drug-likeness (QED) is 0.828. The number of halogens is 3. The lowest BCUT2D eigenvalue weighted by Gasteiger charge is -2.10. The number of benzene rings is 2. The van der Waals surface area contributed by atoms with Gasteiger partial charge in [-0.15, -0.1) is 0 Å². The van der Waals surface area contributed by atoms with Gasteiger partial charge in [0.1, 0.15) is 18.2 Å². The zero-order chi connectivity index (χ0) is 17.5. The van der Waals surface area contributed by atoms with Crippen molar-refractivity contribution in [3.63, 3.8) is 0 Å². The zero-order valence-electron chi connectivity index (χ0n) is 12.6. The first-order valence-electron chi connectivity index (χ1n) is 7.01. The number of ether oxygens (including phenoxy) is 1. The van der Waals surface area contributed by atoms with Gasteiger partial charge in [0.25, 0.3) is 5.91 Å². The summed E-state index contributed by atoms with van der Waals surface area (Å²) in [6, 6.07) is 9.83. The Morgan fingerprint density at radius 3 is 2.54 bits per heavy atom. The minimum atomic E-state index is -0.402. The van der Waals surface area contributed by atoms with Gasteiger partial charge in [0.2, 0.25) is 0 Å². The van der Waals surface area contributed by atoms with Crippen molar-refractivity contribution >= 4 is 23.2 Å². The molecule has 0 aliphatic carbocycles. The second-order valence-electron chi connectivity index (χ2n) is 4.87. The highest BCUT2D eigenvalue weighted by Gasteiger charge is 2.10. The summed E-state index contributed by atoms with van der Waals surface area (Å²) in [4.78, 5) is 12.1. The van der Waals surface area contributed by atoms with Crippen LogP contribution in [0.3, 0.4) is 0 Å². The van der Waals surface area contributed by atoms with E-state index in [9.17, 15) is 13.6 Å². The second-order valence-corrected chi connectivity index (χ2v) is 5.27. The molecule has 1 amide bonds. The normalized spacial score (nSPS) is 11.2. The molecule has 7 heteroatoms. The summed E-state index contributed by atoms with van der Waals surface area (Å²) in [5.74, 6) is -0.485. The topological polar surface area (TPSA) is 64.3 Å². The van der Waals surface area contributed by atoms with E-state index < -0.39 is 11.7 Å². The van der Waals surface area contributed by atoms with Crippen LogP contribution >= 0.6 is 11.6 Å². The summed E-state index contributed by atoms with van der Waals surface area (Å²) in [6.45, 7) is 0.000120. The molecule has 0 bridgehead atoms. The molecule has 4 nitrogen and oxygen atoms in total. The van der Waals surface area contributed by atoms with Crippen LogP contribution in [0.2, 0.25) is 5.02 Å². The van der Waals surface area contributed by atoms with Crippen molar-refractivity contribution in [2.45, 2.75) is 0 Å². The van der Waals surface area contributed by atoms with Crippen LogP contribution in [-0.2, 0) is 0 Å². The Balaban J connectivity index is 2.05. The van der Waals surface area contributed by atoms with Gasteiger partial charge >= 0.3 is 0 Å². The molecule has 2 rings (SSSR count). The summed E-state index contributed by atoms with van der Waals surface area (Å²) in [7, 11) is 0. The van der Waals surface area contributed by atoms with Gasteiger partial charge in [-0.2, -0.15) is 0 Å². The SMILES string of the molecule is NC/C(=C/F)COc1ccc(C(=O)Nc2ccc(F)cc2)cc1Cl. The number of hydrogen-bond acceptors (Lipinski definition) is 3. The van der Waals surface area contributed by atoms with Crippen LogP contribution in [0.15, 0.2) is 54.4 Å². The van der Waals surface area contributed by atoms with E-state index >= 15 is 0 Å². The van der Waals surface area contributed by atoms with E-state index in [1.165, 1.54) is 42.5 Å². The Kier molecular flexibility index (Phi) is 6.28. The molecule has 0 atom stereocenters. The fourth-order valence-corrected chi connectivity index (χ4v) is 2.04. The molecule has 24 heavy (non-hydrogen) atoms. The van der Waals surface area contributed by atoms with Gasteiger partial charge in [-0.25, -0.2) is 8.78 Å². The third-order valence-corrected chi connectivity index (χ3v) is 3.42. The highest BCUT2D eigenvalue weighted by Crippen LogP contribution is 2.26. The van der Waals surface area contributed by atoms with Crippen molar-refractivity contribution in [2.24, 2.45) is 5.73 Å². The maximum absolute atomic E-state index is 12.8. The van der Waals surface area contributed by atoms with E-state index in [1.807, 2.05) is 0 Å². The molecule has 0 aliphatic heterocycles. The highest BCUT2D eigenvalue weighted by atomic mass is 35.5. The van der Waals surface area contributed by atoms with Crippen LogP contribution in [0, 0.1) is 5.82 Å². The van der Waals surface area contributed by atoms with Crippen LogP contribution in [0.4, 0.5) is 14.5 Å². The van der Waals surface area contributed by atoms with Crippen molar-refractivity contribution in [2.75, 3.05) is 18.5 Å². The molecule has 0 saturated carbocycles. The average Bonchev–Trinajstić information content (AvgIpc) is 2.59. The zero-order valence-corrected chi connectivity index (χ0v) is 13.3.